The van der Waals surface area contributed by atoms with Gasteiger partial charge in [0.2, 0.25) is 0 Å². The molecule has 182 valence electrons. The van der Waals surface area contributed by atoms with E-state index in [1.54, 1.807) is 26.2 Å². The summed E-state index contributed by atoms with van der Waals surface area (Å²) in [4.78, 5) is 11.1. The lowest BCUT2D eigenvalue weighted by atomic mass is 9.81. The molecule has 0 fully saturated rings. The highest BCUT2D eigenvalue weighted by Crippen LogP contribution is 2.37. The number of rotatable bonds is 8. The first kappa shape index (κ1) is 25.8. The van der Waals surface area contributed by atoms with E-state index in [-0.39, 0.29) is 23.6 Å². The van der Waals surface area contributed by atoms with Crippen molar-refractivity contribution in [1.82, 2.24) is 0 Å². The third-order valence-corrected chi connectivity index (χ3v) is 5.74. The van der Waals surface area contributed by atoms with Crippen LogP contribution in [0, 0.1) is 17.7 Å². The van der Waals surface area contributed by atoms with Crippen LogP contribution < -0.4 is 9.47 Å². The zero-order valence-electron chi connectivity index (χ0n) is 20.8. The number of carboxylic acids is 1. The maximum atomic E-state index is 14.8. The van der Waals surface area contributed by atoms with E-state index in [0.717, 1.165) is 22.3 Å². The van der Waals surface area contributed by atoms with E-state index in [0.29, 0.717) is 23.7 Å². The molecule has 0 aromatic heterocycles. The first-order valence-corrected chi connectivity index (χ1v) is 11.5. The molecule has 3 aromatic carbocycles. The number of halogens is 1. The van der Waals surface area contributed by atoms with Gasteiger partial charge in [0.05, 0.1) is 19.4 Å². The van der Waals surface area contributed by atoms with Crippen molar-refractivity contribution in [3.8, 4) is 34.5 Å². The van der Waals surface area contributed by atoms with E-state index in [4.69, 9.17) is 14.6 Å². The van der Waals surface area contributed by atoms with Gasteiger partial charge in [0.25, 0.3) is 0 Å². The lowest BCUT2D eigenvalue weighted by molar-refractivity contribution is -0.137. The van der Waals surface area contributed by atoms with Gasteiger partial charge in [-0.2, -0.15) is 0 Å². The second-order valence-corrected chi connectivity index (χ2v) is 9.38. The molecule has 0 heterocycles. The highest BCUT2D eigenvalue weighted by molar-refractivity contribution is 5.71. The number of hydrogen-bond donors (Lipinski definition) is 1. The van der Waals surface area contributed by atoms with Gasteiger partial charge in [0, 0.05) is 5.56 Å². The molecule has 3 aromatic rings. The first-order chi connectivity index (χ1) is 16.6. The molecule has 3 rings (SSSR count). The Labute approximate surface area is 206 Å². The van der Waals surface area contributed by atoms with E-state index in [9.17, 15) is 9.18 Å². The smallest absolute Gasteiger partial charge is 0.304 e. The van der Waals surface area contributed by atoms with Gasteiger partial charge in [0.15, 0.2) is 0 Å². The van der Waals surface area contributed by atoms with Crippen molar-refractivity contribution in [3.05, 3.63) is 83.2 Å². The van der Waals surface area contributed by atoms with Crippen LogP contribution in [0.3, 0.4) is 0 Å². The average Bonchev–Trinajstić information content (AvgIpc) is 2.82. The number of aliphatic carboxylic acids is 1. The molecule has 0 radical (unpaired) electrons. The van der Waals surface area contributed by atoms with Crippen LogP contribution in [0.15, 0.2) is 60.7 Å². The van der Waals surface area contributed by atoms with Crippen molar-refractivity contribution in [2.24, 2.45) is 0 Å². The summed E-state index contributed by atoms with van der Waals surface area (Å²) in [5, 5.41) is 9.13. The summed E-state index contributed by atoms with van der Waals surface area (Å²) >= 11 is 0. The average molecular weight is 475 g/mol. The molecule has 0 aliphatic carbocycles. The van der Waals surface area contributed by atoms with Gasteiger partial charge >= 0.3 is 5.97 Å². The van der Waals surface area contributed by atoms with E-state index in [1.165, 1.54) is 6.07 Å². The molecule has 0 bridgehead atoms. The van der Waals surface area contributed by atoms with Gasteiger partial charge in [-0.1, -0.05) is 51.0 Å². The Balaban J connectivity index is 1.86. The number of ether oxygens (including phenoxy) is 2. The van der Waals surface area contributed by atoms with Crippen molar-refractivity contribution >= 4 is 5.97 Å². The molecule has 0 spiro atoms. The molecule has 1 atom stereocenters. The summed E-state index contributed by atoms with van der Waals surface area (Å²) in [6.07, 6.45) is -0.0508. The fourth-order valence-electron chi connectivity index (χ4n) is 3.96. The lowest BCUT2D eigenvalue weighted by Crippen LogP contribution is -2.13. The van der Waals surface area contributed by atoms with Crippen molar-refractivity contribution in [3.63, 3.8) is 0 Å². The van der Waals surface area contributed by atoms with Crippen LogP contribution >= 0.6 is 0 Å². The lowest BCUT2D eigenvalue weighted by Gasteiger charge is -2.24. The van der Waals surface area contributed by atoms with Gasteiger partial charge in [-0.15, -0.1) is 5.92 Å². The molecule has 35 heavy (non-hydrogen) atoms. The maximum absolute atomic E-state index is 14.8. The van der Waals surface area contributed by atoms with Gasteiger partial charge in [-0.05, 0) is 71.0 Å². The van der Waals surface area contributed by atoms with Crippen LogP contribution in [0.1, 0.15) is 56.7 Å². The fourth-order valence-corrected chi connectivity index (χ4v) is 3.96. The quantitative estimate of drug-likeness (QED) is 0.359. The zero-order valence-corrected chi connectivity index (χ0v) is 20.8. The Kier molecular flexibility index (Phi) is 8.19. The van der Waals surface area contributed by atoms with Crippen molar-refractivity contribution in [2.45, 2.75) is 52.1 Å². The number of methoxy groups -OCH3 is 1. The van der Waals surface area contributed by atoms with Gasteiger partial charge in [0.1, 0.15) is 23.9 Å². The van der Waals surface area contributed by atoms with E-state index in [2.05, 4.69) is 32.6 Å². The molecule has 0 aliphatic heterocycles. The fraction of sp³-hybridized carbons (Fsp3) is 0.300. The van der Waals surface area contributed by atoms with Crippen LogP contribution in [0.5, 0.6) is 11.5 Å². The molecular formula is C30H31FO4. The van der Waals surface area contributed by atoms with Crippen LogP contribution in [0.4, 0.5) is 4.39 Å². The molecule has 0 amide bonds. The molecule has 0 aliphatic rings. The third-order valence-electron chi connectivity index (χ3n) is 5.74. The number of carboxylic acid groups (broad SMARTS) is 1. The SMILES string of the molecule is CC#C[C@@H](CC(=O)O)c1ccc(OCc2ccc(C(C)(C)C)c(-c3cc(OC)ccc3F)c2)cc1. The largest absolute Gasteiger partial charge is 0.497 e. The zero-order chi connectivity index (χ0) is 25.6. The molecular weight excluding hydrogens is 443 g/mol. The molecule has 0 saturated carbocycles. The minimum absolute atomic E-state index is 0.0508. The third kappa shape index (κ3) is 6.64. The minimum atomic E-state index is -0.889. The summed E-state index contributed by atoms with van der Waals surface area (Å²) in [6.45, 7) is 8.30. The van der Waals surface area contributed by atoms with E-state index in [1.807, 2.05) is 42.5 Å². The predicted octanol–water partition coefficient (Wildman–Crippen LogP) is 6.96. The number of benzene rings is 3. The Hall–Kier alpha value is -3.78. The van der Waals surface area contributed by atoms with E-state index < -0.39 is 5.97 Å². The van der Waals surface area contributed by atoms with Crippen LogP contribution in [-0.4, -0.2) is 18.2 Å². The molecule has 1 N–H and O–H groups in total. The van der Waals surface area contributed by atoms with E-state index >= 15 is 0 Å². The van der Waals surface area contributed by atoms with Crippen LogP contribution in [0.2, 0.25) is 0 Å². The molecule has 4 nitrogen and oxygen atoms in total. The molecule has 0 unspecified atom stereocenters. The number of carbonyl (C=O) groups is 1. The second kappa shape index (κ2) is 11.1. The van der Waals surface area contributed by atoms with Gasteiger partial charge in [-0.25, -0.2) is 4.39 Å². The Morgan fingerprint density at radius 3 is 2.29 bits per heavy atom. The normalized spacial score (nSPS) is 11.8. The Bertz CT molecular complexity index is 1240. The summed E-state index contributed by atoms with van der Waals surface area (Å²) in [7, 11) is 1.57. The first-order valence-electron chi connectivity index (χ1n) is 11.5. The van der Waals surface area contributed by atoms with Gasteiger partial charge < -0.3 is 14.6 Å². The highest BCUT2D eigenvalue weighted by Gasteiger charge is 2.21. The highest BCUT2D eigenvalue weighted by atomic mass is 19.1. The maximum Gasteiger partial charge on any atom is 0.304 e. The van der Waals surface area contributed by atoms with Crippen LogP contribution in [0.25, 0.3) is 11.1 Å². The molecule has 5 heteroatoms. The van der Waals surface area contributed by atoms with Crippen molar-refractivity contribution in [1.29, 1.82) is 0 Å². The summed E-state index contributed by atoms with van der Waals surface area (Å²) in [5.41, 5.74) is 3.87. The Morgan fingerprint density at radius 1 is 1.00 bits per heavy atom. The van der Waals surface area contributed by atoms with Crippen LogP contribution in [-0.2, 0) is 16.8 Å². The minimum Gasteiger partial charge on any atom is -0.497 e. The topological polar surface area (TPSA) is 55.8 Å². The summed E-state index contributed by atoms with van der Waals surface area (Å²) in [5.74, 6) is 5.43. The second-order valence-electron chi connectivity index (χ2n) is 9.38. The van der Waals surface area contributed by atoms with Gasteiger partial charge in [-0.3, -0.25) is 4.79 Å². The Morgan fingerprint density at radius 2 is 1.69 bits per heavy atom. The predicted molar refractivity (Wildman–Crippen MR) is 136 cm³/mol. The van der Waals surface area contributed by atoms with Crippen molar-refractivity contribution < 1.29 is 23.8 Å². The van der Waals surface area contributed by atoms with Crippen molar-refractivity contribution in [2.75, 3.05) is 7.11 Å². The number of hydrogen-bond acceptors (Lipinski definition) is 3. The molecule has 0 saturated heterocycles. The summed E-state index contributed by atoms with van der Waals surface area (Å²) < 4.78 is 26.2. The summed E-state index contributed by atoms with van der Waals surface area (Å²) in [6, 6.07) is 18.0. The standard InChI is InChI=1S/C30H31FO4/c1-6-7-22(17-29(32)33)21-9-11-23(12-10-21)35-19-20-8-14-27(30(2,3)4)25(16-20)26-18-24(34-5)13-15-28(26)31/h8-16,18,22H,17,19H2,1-5H3,(H,32,33)/t22-/m0/s1. The monoisotopic (exact) mass is 474 g/mol.